The van der Waals surface area contributed by atoms with Crippen LogP contribution in [0.1, 0.15) is 0 Å². The van der Waals surface area contributed by atoms with Gasteiger partial charge in [0, 0.05) is 23.2 Å². The Kier molecular flexibility index (Phi) is 2.58. The molecule has 1 aromatic carbocycles. The summed E-state index contributed by atoms with van der Waals surface area (Å²) in [7, 11) is 0. The zero-order valence-corrected chi connectivity index (χ0v) is 10.7. The molecule has 17 heavy (non-hydrogen) atoms. The summed E-state index contributed by atoms with van der Waals surface area (Å²) in [6.07, 6.45) is 3.27. The van der Waals surface area contributed by atoms with E-state index in [2.05, 4.69) is 9.97 Å². The summed E-state index contributed by atoms with van der Waals surface area (Å²) in [5.41, 5.74) is 1.39. The van der Waals surface area contributed by atoms with Crippen LogP contribution in [0.4, 0.5) is 0 Å². The maximum absolute atomic E-state index is 6.19. The third kappa shape index (κ3) is 1.64. The molecule has 0 saturated heterocycles. The topological polar surface area (TPSA) is 25.8 Å². The van der Waals surface area contributed by atoms with Crippen molar-refractivity contribution >= 4 is 56.6 Å². The molecular weight excluding hydrogens is 279 g/mol. The quantitative estimate of drug-likeness (QED) is 0.557. The van der Waals surface area contributed by atoms with Crippen LogP contribution in [0.15, 0.2) is 30.6 Å². The molecule has 0 radical (unpaired) electrons. The number of hydrogen-bond donors (Lipinski definition) is 0. The van der Waals surface area contributed by atoms with E-state index in [0.717, 1.165) is 5.39 Å². The van der Waals surface area contributed by atoms with Crippen molar-refractivity contribution in [3.05, 3.63) is 45.7 Å². The average Bonchev–Trinajstić information content (AvgIpc) is 2.28. The number of hydrogen-bond acceptors (Lipinski definition) is 2. The Bertz CT molecular complexity index is 740. The smallest absolute Gasteiger partial charge is 0.0841 e. The normalized spacial score (nSPS) is 11.2. The highest BCUT2D eigenvalue weighted by atomic mass is 35.5. The minimum Gasteiger partial charge on any atom is -0.256 e. The van der Waals surface area contributed by atoms with Gasteiger partial charge in [-0.2, -0.15) is 0 Å². The predicted octanol–water partition coefficient (Wildman–Crippen LogP) is 4.74. The first kappa shape index (κ1) is 11.0. The minimum atomic E-state index is 0.528. The van der Waals surface area contributed by atoms with Crippen LogP contribution >= 0.6 is 34.8 Å². The van der Waals surface area contributed by atoms with Gasteiger partial charge < -0.3 is 0 Å². The van der Waals surface area contributed by atoms with Gasteiger partial charge in [0.25, 0.3) is 0 Å². The van der Waals surface area contributed by atoms with Crippen molar-refractivity contribution in [1.82, 2.24) is 9.97 Å². The van der Waals surface area contributed by atoms with Gasteiger partial charge in [-0.1, -0.05) is 34.8 Å². The molecule has 0 spiro atoms. The maximum atomic E-state index is 6.19. The van der Waals surface area contributed by atoms with Crippen molar-refractivity contribution in [3.63, 3.8) is 0 Å². The molecule has 2 nitrogen and oxygen atoms in total. The highest BCUT2D eigenvalue weighted by Gasteiger charge is 2.12. The van der Waals surface area contributed by atoms with Gasteiger partial charge in [-0.15, -0.1) is 0 Å². The molecule has 0 amide bonds. The molecule has 0 bridgehead atoms. The first-order valence-electron chi connectivity index (χ1n) is 4.85. The summed E-state index contributed by atoms with van der Waals surface area (Å²) < 4.78 is 0. The highest BCUT2D eigenvalue weighted by molar-refractivity contribution is 6.45. The van der Waals surface area contributed by atoms with E-state index in [1.54, 1.807) is 30.6 Å². The molecule has 5 heteroatoms. The average molecular weight is 284 g/mol. The van der Waals surface area contributed by atoms with Crippen LogP contribution in [0.2, 0.25) is 15.1 Å². The Morgan fingerprint density at radius 3 is 2.18 bits per heavy atom. The van der Waals surface area contributed by atoms with Crippen LogP contribution < -0.4 is 0 Å². The third-order valence-electron chi connectivity index (χ3n) is 2.57. The van der Waals surface area contributed by atoms with Gasteiger partial charge in [0.05, 0.1) is 26.1 Å². The molecule has 3 aromatic rings. The molecule has 0 aliphatic rings. The van der Waals surface area contributed by atoms with E-state index in [0.29, 0.717) is 31.5 Å². The van der Waals surface area contributed by atoms with Crippen LogP contribution in [0.25, 0.3) is 21.8 Å². The zero-order chi connectivity index (χ0) is 12.0. The SMILES string of the molecule is Clc1ccnc2c1c(Cl)cc1nccc(Cl)c12. The van der Waals surface area contributed by atoms with E-state index in [9.17, 15) is 0 Å². The number of fused-ring (bicyclic) bond motifs is 3. The summed E-state index contributed by atoms with van der Waals surface area (Å²) >= 11 is 18.5. The Labute approximate surface area is 112 Å². The lowest BCUT2D eigenvalue weighted by Gasteiger charge is -2.07. The van der Waals surface area contributed by atoms with Gasteiger partial charge in [0.2, 0.25) is 0 Å². The molecule has 84 valence electrons. The van der Waals surface area contributed by atoms with Crippen molar-refractivity contribution in [2.75, 3.05) is 0 Å². The molecule has 3 rings (SSSR count). The van der Waals surface area contributed by atoms with Crippen molar-refractivity contribution in [2.24, 2.45) is 0 Å². The molecule has 2 aromatic heterocycles. The van der Waals surface area contributed by atoms with Crippen molar-refractivity contribution in [2.45, 2.75) is 0 Å². The van der Waals surface area contributed by atoms with E-state index in [-0.39, 0.29) is 0 Å². The van der Waals surface area contributed by atoms with E-state index < -0.39 is 0 Å². The maximum Gasteiger partial charge on any atom is 0.0841 e. The number of rotatable bonds is 0. The predicted molar refractivity (Wildman–Crippen MR) is 72.1 cm³/mol. The second-order valence-electron chi connectivity index (χ2n) is 3.56. The van der Waals surface area contributed by atoms with Crippen LogP contribution in [0, 0.1) is 0 Å². The molecule has 0 aliphatic carbocycles. The standard InChI is InChI=1S/C12H5Cl3N2/c13-6-2-4-17-12-10(6)8(15)5-9-11(12)7(14)1-3-16-9/h1-5H. The first-order chi connectivity index (χ1) is 8.18. The highest BCUT2D eigenvalue weighted by Crippen LogP contribution is 2.36. The summed E-state index contributed by atoms with van der Waals surface area (Å²) in [4.78, 5) is 8.53. The van der Waals surface area contributed by atoms with Crippen molar-refractivity contribution < 1.29 is 0 Å². The van der Waals surface area contributed by atoms with Crippen LogP contribution in [-0.4, -0.2) is 9.97 Å². The molecule has 0 fully saturated rings. The molecule has 0 unspecified atom stereocenters. The molecule has 0 N–H and O–H groups in total. The lowest BCUT2D eigenvalue weighted by Crippen LogP contribution is -1.87. The second kappa shape index (κ2) is 3.98. The van der Waals surface area contributed by atoms with Crippen molar-refractivity contribution in [3.8, 4) is 0 Å². The number of aromatic nitrogens is 2. The summed E-state index contributed by atoms with van der Waals surface area (Å²) in [5, 5.41) is 3.16. The second-order valence-corrected chi connectivity index (χ2v) is 4.78. The van der Waals surface area contributed by atoms with Gasteiger partial charge in [0.15, 0.2) is 0 Å². The van der Waals surface area contributed by atoms with Crippen molar-refractivity contribution in [1.29, 1.82) is 0 Å². The Morgan fingerprint density at radius 2 is 1.41 bits per heavy atom. The van der Waals surface area contributed by atoms with E-state index in [1.165, 1.54) is 0 Å². The van der Waals surface area contributed by atoms with E-state index in [4.69, 9.17) is 34.8 Å². The van der Waals surface area contributed by atoms with Gasteiger partial charge in [-0.3, -0.25) is 9.97 Å². The van der Waals surface area contributed by atoms with E-state index >= 15 is 0 Å². The first-order valence-corrected chi connectivity index (χ1v) is 5.99. The molecular formula is C12H5Cl3N2. The Morgan fingerprint density at radius 1 is 0.765 bits per heavy atom. The Hall–Kier alpha value is -1.09. The fraction of sp³-hybridized carbons (Fsp3) is 0. The number of halogens is 3. The molecule has 0 saturated carbocycles. The van der Waals surface area contributed by atoms with E-state index in [1.807, 2.05) is 0 Å². The molecule has 0 atom stereocenters. The molecule has 0 aliphatic heterocycles. The fourth-order valence-corrected chi connectivity index (χ4v) is 2.68. The Balaban J connectivity index is 2.68. The monoisotopic (exact) mass is 282 g/mol. The van der Waals surface area contributed by atoms with Crippen LogP contribution in [0.3, 0.4) is 0 Å². The van der Waals surface area contributed by atoms with Crippen LogP contribution in [0.5, 0.6) is 0 Å². The number of nitrogens with zero attached hydrogens (tertiary/aromatic N) is 2. The lowest BCUT2D eigenvalue weighted by molar-refractivity contribution is 1.39. The number of benzene rings is 1. The van der Waals surface area contributed by atoms with Gasteiger partial charge in [0.1, 0.15) is 0 Å². The largest absolute Gasteiger partial charge is 0.256 e. The molecule has 2 heterocycles. The van der Waals surface area contributed by atoms with Gasteiger partial charge >= 0.3 is 0 Å². The van der Waals surface area contributed by atoms with Crippen LogP contribution in [-0.2, 0) is 0 Å². The zero-order valence-electron chi connectivity index (χ0n) is 8.42. The lowest BCUT2D eigenvalue weighted by atomic mass is 10.1. The van der Waals surface area contributed by atoms with Gasteiger partial charge in [-0.25, -0.2) is 0 Å². The van der Waals surface area contributed by atoms with Gasteiger partial charge in [-0.05, 0) is 18.2 Å². The third-order valence-corrected chi connectivity index (χ3v) is 3.50. The minimum absolute atomic E-state index is 0.528. The fourth-order valence-electron chi connectivity index (χ4n) is 1.84. The summed E-state index contributed by atoms with van der Waals surface area (Å²) in [6, 6.07) is 5.17. The summed E-state index contributed by atoms with van der Waals surface area (Å²) in [5.74, 6) is 0. The number of pyridine rings is 2. The summed E-state index contributed by atoms with van der Waals surface area (Å²) in [6.45, 7) is 0.